The number of allylic oxidation sites excluding steroid dienone is 1. The van der Waals surface area contributed by atoms with E-state index in [1.54, 1.807) is 6.07 Å². The Bertz CT molecular complexity index is 1360. The second kappa shape index (κ2) is 25.6. The van der Waals surface area contributed by atoms with Crippen LogP contribution in [-0.2, 0) is 14.3 Å². The van der Waals surface area contributed by atoms with E-state index >= 15 is 0 Å². The molecular formula is C48H77NO7S. The first-order valence-corrected chi connectivity index (χ1v) is 24.3. The Balaban J connectivity index is 1.36. The number of oxime groups is 1. The molecule has 8 nitrogen and oxygen atoms in total. The Morgan fingerprint density at radius 3 is 2.21 bits per heavy atom. The molecule has 3 N–H and O–H groups in total. The first-order chi connectivity index (χ1) is 28.1. The van der Waals surface area contributed by atoms with Gasteiger partial charge < -0.3 is 34.4 Å². The van der Waals surface area contributed by atoms with Gasteiger partial charge in [-0.3, -0.25) is 0 Å². The zero-order valence-electron chi connectivity index (χ0n) is 35.4. The molecule has 7 unspecified atom stereocenters. The number of thioether (sulfide) groups is 1. The highest BCUT2D eigenvalue weighted by molar-refractivity contribution is 8.00. The van der Waals surface area contributed by atoms with Crippen LogP contribution < -0.4 is 4.74 Å². The summed E-state index contributed by atoms with van der Waals surface area (Å²) in [5, 5.41) is 35.4. The highest BCUT2D eigenvalue weighted by Crippen LogP contribution is 2.62. The zero-order valence-corrected chi connectivity index (χ0v) is 36.2. The molecule has 57 heavy (non-hydrogen) atoms. The number of nitrogens with zero attached hydrogens (tertiary/aromatic N) is 1. The van der Waals surface area contributed by atoms with E-state index in [0.717, 1.165) is 92.6 Å². The minimum atomic E-state index is -0.971. The summed E-state index contributed by atoms with van der Waals surface area (Å²) in [6.07, 6.45) is 31.5. The minimum absolute atomic E-state index is 0.0101. The number of aliphatic hydroxyl groups excluding tert-OH is 2. The topological polar surface area (TPSA) is 110 Å². The van der Waals surface area contributed by atoms with Crippen LogP contribution in [0.5, 0.6) is 11.5 Å². The van der Waals surface area contributed by atoms with Crippen molar-refractivity contribution >= 4 is 17.5 Å². The summed E-state index contributed by atoms with van der Waals surface area (Å²) in [6, 6.07) is 5.55. The molecule has 7 atom stereocenters. The molecule has 0 aromatic heterocycles. The molecule has 2 heterocycles. The van der Waals surface area contributed by atoms with Crippen molar-refractivity contribution in [3.8, 4) is 11.5 Å². The molecule has 1 aromatic carbocycles. The van der Waals surface area contributed by atoms with Crippen molar-refractivity contribution in [2.24, 2.45) is 22.9 Å². The average Bonchev–Trinajstić information content (AvgIpc) is 3.23. The van der Waals surface area contributed by atoms with E-state index < -0.39 is 5.79 Å². The van der Waals surface area contributed by atoms with Crippen molar-refractivity contribution in [3.05, 3.63) is 48.1 Å². The zero-order chi connectivity index (χ0) is 40.1. The fraction of sp³-hybridized carbons (Fsp3) is 0.771. The van der Waals surface area contributed by atoms with Crippen molar-refractivity contribution < 1.29 is 34.4 Å². The van der Waals surface area contributed by atoms with Crippen molar-refractivity contribution in [1.29, 1.82) is 0 Å². The quantitative estimate of drug-likeness (QED) is 0.0417. The molecule has 2 aliphatic carbocycles. The lowest BCUT2D eigenvalue weighted by molar-refractivity contribution is -0.223. The van der Waals surface area contributed by atoms with E-state index in [9.17, 15) is 15.3 Å². The molecule has 5 rings (SSSR count). The Morgan fingerprint density at radius 2 is 1.56 bits per heavy atom. The lowest BCUT2D eigenvalue weighted by atomic mass is 9.56. The van der Waals surface area contributed by atoms with Crippen LogP contribution in [0.25, 0.3) is 0 Å². The Kier molecular flexibility index (Phi) is 20.6. The van der Waals surface area contributed by atoms with E-state index in [1.807, 2.05) is 30.0 Å². The third-order valence-electron chi connectivity index (χ3n) is 12.9. The Morgan fingerprint density at radius 1 is 0.877 bits per heavy atom. The summed E-state index contributed by atoms with van der Waals surface area (Å²) in [5.41, 5.74) is 3.08. The number of hydrogen-bond acceptors (Lipinski definition) is 9. The van der Waals surface area contributed by atoms with E-state index in [0.29, 0.717) is 19.6 Å². The van der Waals surface area contributed by atoms with Gasteiger partial charge in [-0.25, -0.2) is 0 Å². The number of ether oxygens (including phenoxy) is 3. The van der Waals surface area contributed by atoms with Crippen LogP contribution in [0.4, 0.5) is 0 Å². The van der Waals surface area contributed by atoms with Crippen LogP contribution in [0, 0.1) is 17.8 Å². The standard InChI is InChI=1S/C48H77NO7S/c1-3-5-6-7-8-9-10-11-12-13-14-15-16-23-33-57-44-36-42(49-56-45-26-19-22-32-53-45)40-34-37(24-17-20-29-50)39(25-18-21-30-51)46-41-35-38(52)27-28-43(41)55-48(44,47(40)46)54-31-4-2/h4,27-28,34-35,37,39,44-47,50-52H,2-3,5-26,29-33,36H2,1H3. The number of benzene rings is 1. The van der Waals surface area contributed by atoms with Crippen LogP contribution in [0.3, 0.4) is 0 Å². The monoisotopic (exact) mass is 812 g/mol. The lowest BCUT2D eigenvalue weighted by Gasteiger charge is -2.58. The van der Waals surface area contributed by atoms with Gasteiger partial charge in [-0.15, -0.1) is 6.58 Å². The highest BCUT2D eigenvalue weighted by Gasteiger charge is 2.64. The molecule has 0 bridgehead atoms. The Labute approximate surface area is 349 Å². The molecule has 1 saturated carbocycles. The number of phenolic OH excluding ortho intramolecular Hbond substituents is 1. The third-order valence-corrected chi connectivity index (χ3v) is 14.3. The van der Waals surface area contributed by atoms with Gasteiger partial charge in [0, 0.05) is 37.5 Å². The van der Waals surface area contributed by atoms with Gasteiger partial charge in [0.2, 0.25) is 12.1 Å². The van der Waals surface area contributed by atoms with E-state index in [4.69, 9.17) is 24.2 Å². The molecule has 4 aliphatic rings. The summed E-state index contributed by atoms with van der Waals surface area (Å²) in [6.45, 7) is 7.73. The summed E-state index contributed by atoms with van der Waals surface area (Å²) in [7, 11) is 0. The molecule has 9 heteroatoms. The third kappa shape index (κ3) is 13.2. The van der Waals surface area contributed by atoms with Crippen molar-refractivity contribution in [3.63, 3.8) is 0 Å². The average molecular weight is 812 g/mol. The maximum Gasteiger partial charge on any atom is 0.230 e. The minimum Gasteiger partial charge on any atom is -0.508 e. The molecule has 1 aromatic rings. The number of hydrogen-bond donors (Lipinski definition) is 3. The molecule has 2 fully saturated rings. The van der Waals surface area contributed by atoms with Gasteiger partial charge in [0.1, 0.15) is 11.5 Å². The summed E-state index contributed by atoms with van der Waals surface area (Å²) in [4.78, 5) is 6.23. The largest absolute Gasteiger partial charge is 0.508 e. The first-order valence-electron chi connectivity index (χ1n) is 23.2. The summed E-state index contributed by atoms with van der Waals surface area (Å²) >= 11 is 1.95. The lowest BCUT2D eigenvalue weighted by Crippen LogP contribution is -2.64. The number of fused-ring (bicyclic) bond motifs is 2. The van der Waals surface area contributed by atoms with Gasteiger partial charge >= 0.3 is 0 Å². The molecule has 0 radical (unpaired) electrons. The number of rotatable bonds is 29. The second-order valence-corrected chi connectivity index (χ2v) is 18.4. The molecular weight excluding hydrogens is 735 g/mol. The van der Waals surface area contributed by atoms with Crippen molar-refractivity contribution in [2.45, 2.75) is 184 Å². The van der Waals surface area contributed by atoms with Crippen LogP contribution in [0.2, 0.25) is 0 Å². The SMILES string of the molecule is C=CCOC12Oc3ccc(O)cc3C3C(CCCCO)C(CCCCO)C=C(C(=NOC4CCCCO4)CC1SCCCCCCCCCCCCCCCC)C32. The van der Waals surface area contributed by atoms with E-state index in [1.165, 1.54) is 83.5 Å². The van der Waals surface area contributed by atoms with Gasteiger partial charge in [0.25, 0.3) is 0 Å². The number of aliphatic hydroxyl groups is 2. The van der Waals surface area contributed by atoms with Gasteiger partial charge in [-0.1, -0.05) is 121 Å². The fourth-order valence-corrected chi connectivity index (χ4v) is 11.4. The predicted octanol–water partition coefficient (Wildman–Crippen LogP) is 11.8. The predicted molar refractivity (Wildman–Crippen MR) is 234 cm³/mol. The van der Waals surface area contributed by atoms with Crippen LogP contribution in [-0.4, -0.2) is 70.5 Å². The normalized spacial score (nSPS) is 27.4. The van der Waals surface area contributed by atoms with Crippen LogP contribution in [0.15, 0.2) is 47.7 Å². The van der Waals surface area contributed by atoms with E-state index in [-0.39, 0.29) is 54.2 Å². The highest BCUT2D eigenvalue weighted by atomic mass is 32.2. The second-order valence-electron chi connectivity index (χ2n) is 17.1. The molecule has 2 aliphatic heterocycles. The van der Waals surface area contributed by atoms with Gasteiger partial charge in [-0.2, -0.15) is 11.8 Å². The number of aromatic hydroxyl groups is 1. The smallest absolute Gasteiger partial charge is 0.230 e. The first kappa shape index (κ1) is 46.0. The van der Waals surface area contributed by atoms with Crippen molar-refractivity contribution in [1.82, 2.24) is 0 Å². The maximum absolute atomic E-state index is 10.9. The van der Waals surface area contributed by atoms with Gasteiger partial charge in [-0.05, 0) is 86.3 Å². The van der Waals surface area contributed by atoms with Crippen molar-refractivity contribution in [2.75, 3.05) is 32.2 Å². The molecule has 322 valence electrons. The number of unbranched alkanes of at least 4 members (excludes halogenated alkanes) is 15. The van der Waals surface area contributed by atoms with Gasteiger partial charge in [0.15, 0.2) is 0 Å². The number of phenols is 1. The molecule has 1 saturated heterocycles. The summed E-state index contributed by atoms with van der Waals surface area (Å²) < 4.78 is 20.2. The Hall–Kier alpha value is -2.04. The van der Waals surface area contributed by atoms with E-state index in [2.05, 4.69) is 19.6 Å². The molecule has 0 amide bonds. The van der Waals surface area contributed by atoms with Crippen LogP contribution >= 0.6 is 11.8 Å². The fourth-order valence-electron chi connectivity index (χ4n) is 9.92. The summed E-state index contributed by atoms with van der Waals surface area (Å²) in [5.74, 6) is 1.28. The molecule has 0 spiro atoms. The maximum atomic E-state index is 10.9. The van der Waals surface area contributed by atoms with Gasteiger partial charge in [0.05, 0.1) is 30.1 Å². The van der Waals surface area contributed by atoms with Crippen LogP contribution in [0.1, 0.15) is 173 Å².